The van der Waals surface area contributed by atoms with Crippen LogP contribution < -0.4 is 0 Å². The number of rotatable bonds is 2. The maximum Gasteiger partial charge on any atom is 0.416 e. The van der Waals surface area contributed by atoms with Crippen LogP contribution in [0.5, 0.6) is 0 Å². The first-order chi connectivity index (χ1) is 12.6. The first-order valence-corrected chi connectivity index (χ1v) is 9.06. The Balaban J connectivity index is 1.82. The van der Waals surface area contributed by atoms with E-state index in [2.05, 4.69) is 0 Å². The van der Waals surface area contributed by atoms with Crippen molar-refractivity contribution < 1.29 is 31.1 Å². The Morgan fingerprint density at radius 1 is 0.963 bits per heavy atom. The number of carbonyl (C=O) groups excluding carboxylic acids is 1. The van der Waals surface area contributed by atoms with E-state index in [0.29, 0.717) is 38.1 Å². The summed E-state index contributed by atoms with van der Waals surface area (Å²) in [4.78, 5) is 15.0. The molecule has 0 saturated carbocycles. The second-order valence-electron chi connectivity index (χ2n) is 6.38. The fraction of sp³-hybridized carbons (Fsp3) is 0.389. The Hall–Kier alpha value is -2.03. The number of carbonyl (C=O) groups is 1. The lowest BCUT2D eigenvalue weighted by Crippen LogP contribution is -2.38. The van der Waals surface area contributed by atoms with E-state index >= 15 is 0 Å². The molecule has 2 aromatic rings. The lowest BCUT2D eigenvalue weighted by Gasteiger charge is -2.32. The van der Waals surface area contributed by atoms with Gasteiger partial charge < -0.3 is 4.90 Å². The molecule has 0 atom stereocenters. The van der Waals surface area contributed by atoms with Crippen LogP contribution in [-0.2, 0) is 12.4 Å². The smallest absolute Gasteiger partial charge is 0.339 e. The SMILES string of the molecule is O=C(c1cc(C(F)(F)F)cc(C(F)(F)F)c1)N1CCC(c2cccs2)CC1. The van der Waals surface area contributed by atoms with Gasteiger partial charge >= 0.3 is 12.4 Å². The van der Waals surface area contributed by atoms with Crippen molar-refractivity contribution in [3.05, 3.63) is 57.3 Å². The molecule has 0 radical (unpaired) electrons. The highest BCUT2D eigenvalue weighted by Gasteiger charge is 2.38. The van der Waals surface area contributed by atoms with Crippen LogP contribution in [0.1, 0.15) is 45.1 Å². The first kappa shape index (κ1) is 19.7. The molecule has 0 N–H and O–H groups in total. The predicted octanol–water partition coefficient (Wildman–Crippen LogP) is 5.81. The molecule has 1 fully saturated rings. The van der Waals surface area contributed by atoms with Crippen LogP contribution in [0.2, 0.25) is 0 Å². The van der Waals surface area contributed by atoms with E-state index in [1.807, 2.05) is 17.5 Å². The van der Waals surface area contributed by atoms with E-state index in [1.54, 1.807) is 11.3 Å². The maximum absolute atomic E-state index is 13.0. The summed E-state index contributed by atoms with van der Waals surface area (Å²) in [7, 11) is 0. The average Bonchev–Trinajstić information content (AvgIpc) is 3.14. The summed E-state index contributed by atoms with van der Waals surface area (Å²) in [6, 6.07) is 4.90. The van der Waals surface area contributed by atoms with E-state index in [-0.39, 0.29) is 12.0 Å². The van der Waals surface area contributed by atoms with E-state index in [9.17, 15) is 31.1 Å². The summed E-state index contributed by atoms with van der Waals surface area (Å²) >= 11 is 1.59. The van der Waals surface area contributed by atoms with Crippen LogP contribution in [0.25, 0.3) is 0 Å². The monoisotopic (exact) mass is 407 g/mol. The van der Waals surface area contributed by atoms with Gasteiger partial charge in [0.1, 0.15) is 0 Å². The van der Waals surface area contributed by atoms with E-state index in [1.165, 1.54) is 9.78 Å². The standard InChI is InChI=1S/C18H15F6NOS/c19-17(20,21)13-8-12(9-14(10-13)18(22,23)24)16(26)25-5-3-11(4-6-25)15-2-1-7-27-15/h1-2,7-11H,3-6H2. The van der Waals surface area contributed by atoms with E-state index in [0.717, 1.165) is 0 Å². The lowest BCUT2D eigenvalue weighted by atomic mass is 9.94. The quantitative estimate of drug-likeness (QED) is 0.576. The molecule has 2 heterocycles. The van der Waals surface area contributed by atoms with Crippen LogP contribution in [0, 0.1) is 0 Å². The van der Waals surface area contributed by atoms with Crippen molar-refractivity contribution in [3.8, 4) is 0 Å². The summed E-state index contributed by atoms with van der Waals surface area (Å²) in [5, 5.41) is 1.94. The molecule has 27 heavy (non-hydrogen) atoms. The molecule has 0 spiro atoms. The molecule has 0 bridgehead atoms. The molecule has 3 rings (SSSR count). The molecule has 0 unspecified atom stereocenters. The molecule has 1 aliphatic heterocycles. The summed E-state index contributed by atoms with van der Waals surface area (Å²) in [6.45, 7) is 0.581. The van der Waals surface area contributed by atoms with Gasteiger partial charge in [-0.2, -0.15) is 26.3 Å². The number of halogens is 6. The van der Waals surface area contributed by atoms with Crippen LogP contribution in [-0.4, -0.2) is 23.9 Å². The molecular weight excluding hydrogens is 392 g/mol. The second-order valence-corrected chi connectivity index (χ2v) is 7.36. The number of piperidine rings is 1. The molecule has 1 aliphatic rings. The van der Waals surface area contributed by atoms with Gasteiger partial charge in [0.15, 0.2) is 0 Å². The number of benzene rings is 1. The number of hydrogen-bond donors (Lipinski definition) is 0. The molecule has 1 amide bonds. The molecule has 1 saturated heterocycles. The number of alkyl halides is 6. The molecule has 9 heteroatoms. The Bertz CT molecular complexity index is 772. The van der Waals surface area contributed by atoms with Gasteiger partial charge in [0.25, 0.3) is 5.91 Å². The van der Waals surface area contributed by atoms with Crippen molar-refractivity contribution in [2.45, 2.75) is 31.1 Å². The van der Waals surface area contributed by atoms with Crippen LogP contribution in [0.3, 0.4) is 0 Å². The number of thiophene rings is 1. The van der Waals surface area contributed by atoms with Gasteiger partial charge in [0, 0.05) is 23.5 Å². The number of hydrogen-bond acceptors (Lipinski definition) is 2. The van der Waals surface area contributed by atoms with Crippen molar-refractivity contribution in [2.24, 2.45) is 0 Å². The number of amides is 1. The average molecular weight is 407 g/mol. The maximum atomic E-state index is 13.0. The lowest BCUT2D eigenvalue weighted by molar-refractivity contribution is -0.143. The third-order valence-corrected chi connectivity index (χ3v) is 5.60. The first-order valence-electron chi connectivity index (χ1n) is 8.18. The second kappa shape index (κ2) is 7.18. The highest BCUT2D eigenvalue weighted by atomic mass is 32.1. The van der Waals surface area contributed by atoms with Crippen molar-refractivity contribution in [2.75, 3.05) is 13.1 Å². The van der Waals surface area contributed by atoms with Crippen LogP contribution in [0.4, 0.5) is 26.3 Å². The summed E-state index contributed by atoms with van der Waals surface area (Å²) < 4.78 is 77.8. The predicted molar refractivity (Wildman–Crippen MR) is 88.6 cm³/mol. The van der Waals surface area contributed by atoms with E-state index < -0.39 is 35.0 Å². The van der Waals surface area contributed by atoms with Crippen molar-refractivity contribution >= 4 is 17.2 Å². The topological polar surface area (TPSA) is 20.3 Å². The molecule has 1 aromatic carbocycles. The minimum absolute atomic E-state index is 0.0276. The minimum Gasteiger partial charge on any atom is -0.339 e. The number of likely N-dealkylation sites (tertiary alicyclic amines) is 1. The highest BCUT2D eigenvalue weighted by molar-refractivity contribution is 7.10. The van der Waals surface area contributed by atoms with Gasteiger partial charge in [-0.05, 0) is 48.4 Å². The molecular formula is C18H15F6NOS. The zero-order chi connectivity index (χ0) is 19.8. The minimum atomic E-state index is -4.97. The van der Waals surface area contributed by atoms with Gasteiger partial charge in [0.05, 0.1) is 11.1 Å². The third kappa shape index (κ3) is 4.45. The fourth-order valence-corrected chi connectivity index (χ4v) is 4.05. The van der Waals surface area contributed by atoms with Gasteiger partial charge in [-0.3, -0.25) is 4.79 Å². The Morgan fingerprint density at radius 3 is 1.96 bits per heavy atom. The van der Waals surface area contributed by atoms with Crippen molar-refractivity contribution in [1.82, 2.24) is 4.90 Å². The summed E-state index contributed by atoms with van der Waals surface area (Å²) in [5.74, 6) is -0.558. The van der Waals surface area contributed by atoms with Gasteiger partial charge in [-0.15, -0.1) is 11.3 Å². The highest BCUT2D eigenvalue weighted by Crippen LogP contribution is 2.37. The van der Waals surface area contributed by atoms with Crippen LogP contribution in [0.15, 0.2) is 35.7 Å². The van der Waals surface area contributed by atoms with E-state index in [4.69, 9.17) is 0 Å². The molecule has 1 aromatic heterocycles. The van der Waals surface area contributed by atoms with Crippen molar-refractivity contribution in [1.29, 1.82) is 0 Å². The van der Waals surface area contributed by atoms with Gasteiger partial charge in [-0.25, -0.2) is 0 Å². The summed E-state index contributed by atoms with van der Waals surface area (Å²) in [5.41, 5.74) is -3.55. The normalized spacial score (nSPS) is 16.6. The Labute approximate surface area is 155 Å². The third-order valence-electron chi connectivity index (χ3n) is 4.56. The summed E-state index contributed by atoms with van der Waals surface area (Å²) in [6.07, 6.45) is -8.69. The number of nitrogens with zero attached hydrogens (tertiary/aromatic N) is 1. The van der Waals surface area contributed by atoms with Gasteiger partial charge in [0.2, 0.25) is 0 Å². The molecule has 2 nitrogen and oxygen atoms in total. The molecule has 146 valence electrons. The van der Waals surface area contributed by atoms with Crippen LogP contribution >= 0.6 is 11.3 Å². The Kier molecular flexibility index (Phi) is 5.24. The largest absolute Gasteiger partial charge is 0.416 e. The Morgan fingerprint density at radius 2 is 1.52 bits per heavy atom. The molecule has 0 aliphatic carbocycles. The zero-order valence-electron chi connectivity index (χ0n) is 13.9. The van der Waals surface area contributed by atoms with Gasteiger partial charge in [-0.1, -0.05) is 6.07 Å². The zero-order valence-corrected chi connectivity index (χ0v) is 14.7. The fourth-order valence-electron chi connectivity index (χ4n) is 3.15. The van der Waals surface area contributed by atoms with Crippen molar-refractivity contribution in [3.63, 3.8) is 0 Å².